The van der Waals surface area contributed by atoms with Crippen molar-refractivity contribution in [3.05, 3.63) is 29.6 Å². The molecule has 0 unspecified atom stereocenters. The molecule has 1 saturated heterocycles. The SMILES string of the molecule is Cc1noc([C@]23C[C@H](NC(=O)c4coc(C)n4)C[C@H]2CN(C(=O)C(C)C)C3)n1. The van der Waals surface area contributed by atoms with Crippen molar-refractivity contribution in [2.45, 2.75) is 52.0 Å². The summed E-state index contributed by atoms with van der Waals surface area (Å²) in [4.78, 5) is 35.5. The number of hydrogen-bond donors (Lipinski definition) is 1. The minimum absolute atomic E-state index is 0.0574. The monoisotopic (exact) mass is 387 g/mol. The van der Waals surface area contributed by atoms with Crippen molar-refractivity contribution >= 4 is 11.8 Å². The average Bonchev–Trinajstić information content (AvgIpc) is 3.37. The molecule has 1 saturated carbocycles. The number of oxazole rings is 1. The molecule has 9 nitrogen and oxygen atoms in total. The second-order valence-electron chi connectivity index (χ2n) is 8.24. The number of nitrogens with one attached hydrogen (secondary N) is 1. The first-order chi connectivity index (χ1) is 13.3. The number of rotatable bonds is 4. The zero-order valence-electron chi connectivity index (χ0n) is 16.6. The van der Waals surface area contributed by atoms with Gasteiger partial charge in [-0.2, -0.15) is 4.98 Å². The van der Waals surface area contributed by atoms with Gasteiger partial charge in [-0.05, 0) is 25.7 Å². The van der Waals surface area contributed by atoms with Gasteiger partial charge in [-0.25, -0.2) is 4.98 Å². The van der Waals surface area contributed by atoms with Gasteiger partial charge in [0, 0.05) is 32.0 Å². The zero-order valence-corrected chi connectivity index (χ0v) is 16.6. The van der Waals surface area contributed by atoms with Gasteiger partial charge in [0.1, 0.15) is 6.26 Å². The van der Waals surface area contributed by atoms with Gasteiger partial charge >= 0.3 is 0 Å². The van der Waals surface area contributed by atoms with E-state index >= 15 is 0 Å². The quantitative estimate of drug-likeness (QED) is 0.848. The van der Waals surface area contributed by atoms with E-state index in [-0.39, 0.29) is 35.4 Å². The van der Waals surface area contributed by atoms with Crippen molar-refractivity contribution in [2.24, 2.45) is 11.8 Å². The summed E-state index contributed by atoms with van der Waals surface area (Å²) in [5, 5.41) is 7.01. The van der Waals surface area contributed by atoms with E-state index in [1.807, 2.05) is 18.7 Å². The van der Waals surface area contributed by atoms with Crippen LogP contribution in [0.15, 0.2) is 15.2 Å². The van der Waals surface area contributed by atoms with Crippen LogP contribution in [-0.2, 0) is 10.2 Å². The standard InChI is InChI=1S/C19H25N5O4/c1-10(2)17(26)24-7-13-5-14(22-16(25)15-8-27-12(4)21-15)6-19(13,9-24)18-20-11(3)23-28-18/h8,10,13-14H,5-7,9H2,1-4H3,(H,22,25)/t13-,14+,19-/m0/s1. The summed E-state index contributed by atoms with van der Waals surface area (Å²) in [7, 11) is 0. The molecular formula is C19H25N5O4. The number of amides is 2. The molecule has 9 heteroatoms. The van der Waals surface area contributed by atoms with E-state index in [1.165, 1.54) is 6.26 Å². The molecule has 1 N–H and O–H groups in total. The predicted molar refractivity (Wildman–Crippen MR) is 97.3 cm³/mol. The number of fused-ring (bicyclic) bond motifs is 1. The number of carbonyl (C=O) groups excluding carboxylic acids is 2. The normalized spacial score (nSPS) is 26.7. The van der Waals surface area contributed by atoms with E-state index < -0.39 is 5.41 Å². The molecule has 150 valence electrons. The molecule has 0 bridgehead atoms. The highest BCUT2D eigenvalue weighted by Gasteiger charge is 2.58. The maximum atomic E-state index is 12.6. The van der Waals surface area contributed by atoms with Crippen molar-refractivity contribution in [1.29, 1.82) is 0 Å². The van der Waals surface area contributed by atoms with Crippen molar-refractivity contribution in [1.82, 2.24) is 25.3 Å². The van der Waals surface area contributed by atoms with Crippen LogP contribution in [0.2, 0.25) is 0 Å². The summed E-state index contributed by atoms with van der Waals surface area (Å²) in [6.45, 7) is 8.46. The van der Waals surface area contributed by atoms with Crippen LogP contribution < -0.4 is 5.32 Å². The Balaban J connectivity index is 1.56. The molecule has 1 aliphatic heterocycles. The van der Waals surface area contributed by atoms with E-state index in [2.05, 4.69) is 20.4 Å². The Morgan fingerprint density at radius 1 is 1.32 bits per heavy atom. The third kappa shape index (κ3) is 3.08. The molecule has 2 aliphatic rings. The third-order valence-electron chi connectivity index (χ3n) is 5.82. The second kappa shape index (κ2) is 6.72. The highest BCUT2D eigenvalue weighted by molar-refractivity contribution is 5.92. The Bertz CT molecular complexity index is 904. The Labute approximate surface area is 162 Å². The lowest BCUT2D eigenvalue weighted by atomic mass is 9.80. The van der Waals surface area contributed by atoms with Gasteiger partial charge in [0.05, 0.1) is 5.41 Å². The fourth-order valence-electron chi connectivity index (χ4n) is 4.57. The van der Waals surface area contributed by atoms with Crippen molar-refractivity contribution in [2.75, 3.05) is 13.1 Å². The first-order valence-corrected chi connectivity index (χ1v) is 9.61. The first-order valence-electron chi connectivity index (χ1n) is 9.61. The molecule has 3 atom stereocenters. The van der Waals surface area contributed by atoms with Gasteiger partial charge in [0.25, 0.3) is 5.91 Å². The smallest absolute Gasteiger partial charge is 0.273 e. The largest absolute Gasteiger partial charge is 0.448 e. The van der Waals surface area contributed by atoms with Gasteiger partial charge in [-0.3, -0.25) is 9.59 Å². The molecular weight excluding hydrogens is 362 g/mol. The summed E-state index contributed by atoms with van der Waals surface area (Å²) < 4.78 is 10.7. The van der Waals surface area contributed by atoms with Crippen LogP contribution in [-0.4, -0.2) is 51.0 Å². The summed E-state index contributed by atoms with van der Waals surface area (Å²) in [6.07, 6.45) is 2.75. The fraction of sp³-hybridized carbons (Fsp3) is 0.632. The van der Waals surface area contributed by atoms with E-state index in [1.54, 1.807) is 13.8 Å². The van der Waals surface area contributed by atoms with Crippen LogP contribution in [0, 0.1) is 25.7 Å². The molecule has 2 amide bonds. The lowest BCUT2D eigenvalue weighted by molar-refractivity contribution is -0.133. The van der Waals surface area contributed by atoms with Gasteiger partial charge < -0.3 is 19.2 Å². The molecule has 28 heavy (non-hydrogen) atoms. The Morgan fingerprint density at radius 2 is 2.11 bits per heavy atom. The van der Waals surface area contributed by atoms with Gasteiger partial charge in [-0.1, -0.05) is 19.0 Å². The number of aryl methyl sites for hydroxylation is 2. The minimum Gasteiger partial charge on any atom is -0.448 e. The fourth-order valence-corrected chi connectivity index (χ4v) is 4.57. The van der Waals surface area contributed by atoms with E-state index in [9.17, 15) is 9.59 Å². The molecule has 2 aromatic heterocycles. The van der Waals surface area contributed by atoms with Crippen LogP contribution in [0.3, 0.4) is 0 Å². The van der Waals surface area contributed by atoms with Crippen molar-refractivity contribution < 1.29 is 18.5 Å². The zero-order chi connectivity index (χ0) is 20.1. The number of carbonyl (C=O) groups is 2. The molecule has 0 aromatic carbocycles. The van der Waals surface area contributed by atoms with Crippen LogP contribution in [0.4, 0.5) is 0 Å². The molecule has 3 heterocycles. The number of nitrogens with zero attached hydrogens (tertiary/aromatic N) is 4. The Morgan fingerprint density at radius 3 is 2.71 bits per heavy atom. The molecule has 0 radical (unpaired) electrons. The van der Waals surface area contributed by atoms with Crippen molar-refractivity contribution in [3.63, 3.8) is 0 Å². The minimum atomic E-state index is -0.427. The number of hydrogen-bond acceptors (Lipinski definition) is 7. The summed E-state index contributed by atoms with van der Waals surface area (Å²) in [6, 6.07) is -0.0574. The van der Waals surface area contributed by atoms with Crippen LogP contribution >= 0.6 is 0 Å². The maximum absolute atomic E-state index is 12.6. The third-order valence-corrected chi connectivity index (χ3v) is 5.82. The summed E-state index contributed by atoms with van der Waals surface area (Å²) in [5.41, 5.74) is -0.155. The number of likely N-dealkylation sites (tertiary alicyclic amines) is 1. The molecule has 0 spiro atoms. The first kappa shape index (κ1) is 18.6. The number of aromatic nitrogens is 3. The lowest BCUT2D eigenvalue weighted by Crippen LogP contribution is -2.40. The lowest BCUT2D eigenvalue weighted by Gasteiger charge is -2.26. The van der Waals surface area contributed by atoms with E-state index in [4.69, 9.17) is 8.94 Å². The van der Waals surface area contributed by atoms with Crippen LogP contribution in [0.1, 0.15) is 54.8 Å². The predicted octanol–water partition coefficient (Wildman–Crippen LogP) is 1.62. The van der Waals surface area contributed by atoms with Crippen molar-refractivity contribution in [3.8, 4) is 0 Å². The topological polar surface area (TPSA) is 114 Å². The maximum Gasteiger partial charge on any atom is 0.273 e. The van der Waals surface area contributed by atoms with Gasteiger partial charge in [0.15, 0.2) is 17.4 Å². The summed E-state index contributed by atoms with van der Waals surface area (Å²) in [5.74, 6) is 1.54. The highest BCUT2D eigenvalue weighted by Crippen LogP contribution is 2.50. The Kier molecular flexibility index (Phi) is 4.47. The highest BCUT2D eigenvalue weighted by atomic mass is 16.5. The molecule has 2 fully saturated rings. The van der Waals surface area contributed by atoms with Gasteiger partial charge in [0.2, 0.25) is 11.8 Å². The van der Waals surface area contributed by atoms with Crippen LogP contribution in [0.5, 0.6) is 0 Å². The van der Waals surface area contributed by atoms with Gasteiger partial charge in [-0.15, -0.1) is 0 Å². The van der Waals surface area contributed by atoms with E-state index in [0.29, 0.717) is 37.1 Å². The molecule has 2 aromatic rings. The second-order valence-corrected chi connectivity index (χ2v) is 8.24. The Hall–Kier alpha value is -2.71. The molecule has 4 rings (SSSR count). The summed E-state index contributed by atoms with van der Waals surface area (Å²) >= 11 is 0. The van der Waals surface area contributed by atoms with E-state index in [0.717, 1.165) is 6.42 Å². The van der Waals surface area contributed by atoms with Crippen LogP contribution in [0.25, 0.3) is 0 Å². The average molecular weight is 387 g/mol. The molecule has 1 aliphatic carbocycles.